The topological polar surface area (TPSA) is 20.6 Å². The van der Waals surface area contributed by atoms with E-state index in [1.165, 1.54) is 4.90 Å². The van der Waals surface area contributed by atoms with Crippen molar-refractivity contribution in [2.45, 2.75) is 0 Å². The number of nitrogens with one attached hydrogen (secondary N) is 1. The Morgan fingerprint density at radius 2 is 2.07 bits per heavy atom. The SMILES string of the molecule is [CH2-][NH+]1CCN(c2ccc(Cl)cn2)CC1. The van der Waals surface area contributed by atoms with Crippen LogP contribution in [0.5, 0.6) is 0 Å². The number of quaternary nitrogens is 1. The fourth-order valence-electron chi connectivity index (χ4n) is 1.61. The third-order valence-electron chi connectivity index (χ3n) is 2.51. The maximum atomic E-state index is 5.78. The summed E-state index contributed by atoms with van der Waals surface area (Å²) >= 11 is 5.78. The van der Waals surface area contributed by atoms with E-state index in [1.807, 2.05) is 12.1 Å². The molecule has 1 N–H and O–H groups in total. The van der Waals surface area contributed by atoms with Crippen LogP contribution in [0.1, 0.15) is 0 Å². The van der Waals surface area contributed by atoms with Gasteiger partial charge in [-0.1, -0.05) is 11.6 Å². The summed E-state index contributed by atoms with van der Waals surface area (Å²) in [5, 5.41) is 0.690. The van der Waals surface area contributed by atoms with Crippen LogP contribution in [-0.2, 0) is 0 Å². The lowest BCUT2D eigenvalue weighted by atomic mass is 10.3. The molecule has 1 aromatic heterocycles. The predicted molar refractivity (Wildman–Crippen MR) is 57.5 cm³/mol. The highest BCUT2D eigenvalue weighted by molar-refractivity contribution is 6.30. The molecule has 0 bridgehead atoms. The van der Waals surface area contributed by atoms with Crippen LogP contribution < -0.4 is 9.80 Å². The molecule has 0 unspecified atom stereocenters. The number of piperazine rings is 1. The molecule has 2 rings (SSSR count). The molecule has 76 valence electrons. The van der Waals surface area contributed by atoms with E-state index in [1.54, 1.807) is 6.20 Å². The van der Waals surface area contributed by atoms with E-state index in [-0.39, 0.29) is 0 Å². The van der Waals surface area contributed by atoms with Gasteiger partial charge in [-0.25, -0.2) is 4.98 Å². The Kier molecular flexibility index (Phi) is 2.89. The lowest BCUT2D eigenvalue weighted by molar-refractivity contribution is -0.854. The van der Waals surface area contributed by atoms with E-state index in [0.717, 1.165) is 32.0 Å². The lowest BCUT2D eigenvalue weighted by Crippen LogP contribution is -3.10. The van der Waals surface area contributed by atoms with Gasteiger partial charge in [-0.2, -0.15) is 7.05 Å². The molecule has 0 aromatic carbocycles. The van der Waals surface area contributed by atoms with Gasteiger partial charge < -0.3 is 9.80 Å². The van der Waals surface area contributed by atoms with Crippen LogP contribution in [0.25, 0.3) is 0 Å². The summed E-state index contributed by atoms with van der Waals surface area (Å²) in [4.78, 5) is 7.90. The number of pyridine rings is 1. The first-order valence-electron chi connectivity index (χ1n) is 4.79. The maximum Gasteiger partial charge on any atom is 0.128 e. The van der Waals surface area contributed by atoms with Gasteiger partial charge in [0.15, 0.2) is 0 Å². The molecule has 1 aromatic rings. The molecule has 0 amide bonds. The van der Waals surface area contributed by atoms with Crippen LogP contribution in [0.4, 0.5) is 5.82 Å². The average molecular weight is 212 g/mol. The molecule has 14 heavy (non-hydrogen) atoms. The monoisotopic (exact) mass is 211 g/mol. The van der Waals surface area contributed by atoms with Crippen LogP contribution in [0.3, 0.4) is 0 Å². The Hall–Kier alpha value is -0.800. The van der Waals surface area contributed by atoms with Crippen molar-refractivity contribution in [3.63, 3.8) is 0 Å². The number of rotatable bonds is 1. The molecule has 0 saturated carbocycles. The maximum absolute atomic E-state index is 5.78. The van der Waals surface area contributed by atoms with E-state index in [2.05, 4.69) is 16.9 Å². The first-order valence-corrected chi connectivity index (χ1v) is 5.16. The van der Waals surface area contributed by atoms with Crippen LogP contribution in [0.15, 0.2) is 18.3 Å². The molecule has 0 atom stereocenters. The van der Waals surface area contributed by atoms with Gasteiger partial charge in [-0.3, -0.25) is 0 Å². The Labute approximate surface area is 89.3 Å². The molecular weight excluding hydrogens is 198 g/mol. The van der Waals surface area contributed by atoms with E-state index in [4.69, 9.17) is 11.6 Å². The highest BCUT2D eigenvalue weighted by atomic mass is 35.5. The van der Waals surface area contributed by atoms with Crippen molar-refractivity contribution in [2.75, 3.05) is 31.1 Å². The van der Waals surface area contributed by atoms with Crippen LogP contribution in [-0.4, -0.2) is 31.2 Å². The second-order valence-corrected chi connectivity index (χ2v) is 4.01. The molecule has 1 aliphatic rings. The number of anilines is 1. The number of halogens is 1. The Balaban J connectivity index is 2.05. The van der Waals surface area contributed by atoms with Crippen molar-refractivity contribution >= 4 is 17.4 Å². The summed E-state index contributed by atoms with van der Waals surface area (Å²) in [7, 11) is 3.99. The minimum atomic E-state index is 0.690. The number of aromatic nitrogens is 1. The fraction of sp³-hybridized carbons (Fsp3) is 0.400. The zero-order valence-corrected chi connectivity index (χ0v) is 8.80. The van der Waals surface area contributed by atoms with Crippen LogP contribution in [0.2, 0.25) is 5.02 Å². The van der Waals surface area contributed by atoms with Gasteiger partial charge in [0, 0.05) is 6.20 Å². The predicted octanol–water partition coefficient (Wildman–Crippen LogP) is 0.231. The van der Waals surface area contributed by atoms with Crippen LogP contribution >= 0.6 is 11.6 Å². The minimum Gasteiger partial charge on any atom is -0.465 e. The van der Waals surface area contributed by atoms with Gasteiger partial charge >= 0.3 is 0 Å². The van der Waals surface area contributed by atoms with Gasteiger partial charge in [-0.15, -0.1) is 0 Å². The first-order chi connectivity index (χ1) is 6.75. The van der Waals surface area contributed by atoms with Crippen LogP contribution in [0, 0.1) is 7.05 Å². The van der Waals surface area contributed by atoms with E-state index < -0.39 is 0 Å². The van der Waals surface area contributed by atoms with Gasteiger partial charge in [0.05, 0.1) is 31.2 Å². The summed E-state index contributed by atoms with van der Waals surface area (Å²) in [6.07, 6.45) is 1.69. The molecule has 4 heteroatoms. The van der Waals surface area contributed by atoms with E-state index in [0.29, 0.717) is 5.02 Å². The zero-order chi connectivity index (χ0) is 9.97. The summed E-state index contributed by atoms with van der Waals surface area (Å²) in [5.41, 5.74) is 0. The molecule has 3 nitrogen and oxygen atoms in total. The molecular formula is C10H14ClN3. The van der Waals surface area contributed by atoms with E-state index in [9.17, 15) is 0 Å². The molecule has 0 spiro atoms. The molecule has 1 fully saturated rings. The summed E-state index contributed by atoms with van der Waals surface area (Å²) in [5.74, 6) is 1.02. The van der Waals surface area contributed by atoms with Crippen molar-refractivity contribution in [1.82, 2.24) is 4.98 Å². The third kappa shape index (κ3) is 2.16. The van der Waals surface area contributed by atoms with Gasteiger partial charge in [0.25, 0.3) is 0 Å². The Morgan fingerprint density at radius 3 is 2.64 bits per heavy atom. The summed E-state index contributed by atoms with van der Waals surface area (Å²) in [6.45, 7) is 4.19. The van der Waals surface area contributed by atoms with Crippen molar-refractivity contribution in [3.05, 3.63) is 30.4 Å². The molecule has 1 aliphatic heterocycles. The quantitative estimate of drug-likeness (QED) is 0.672. The fourth-order valence-corrected chi connectivity index (χ4v) is 1.72. The number of hydrogen-bond acceptors (Lipinski definition) is 2. The highest BCUT2D eigenvalue weighted by Gasteiger charge is 2.14. The second-order valence-electron chi connectivity index (χ2n) is 3.57. The molecule has 0 aliphatic carbocycles. The molecule has 0 radical (unpaired) electrons. The minimum absolute atomic E-state index is 0.690. The third-order valence-corrected chi connectivity index (χ3v) is 2.73. The summed E-state index contributed by atoms with van der Waals surface area (Å²) in [6, 6.07) is 3.85. The standard InChI is InChI=1S/C10H14ClN3/c1-13-4-6-14(7-5-13)10-3-2-9(11)8-12-10/h2-3,8,13H,1,4-7H2. The number of hydrogen-bond donors (Lipinski definition) is 1. The van der Waals surface area contributed by atoms with Crippen molar-refractivity contribution < 1.29 is 4.90 Å². The van der Waals surface area contributed by atoms with E-state index >= 15 is 0 Å². The van der Waals surface area contributed by atoms with Crippen molar-refractivity contribution in [1.29, 1.82) is 0 Å². The normalized spacial score (nSPS) is 18.6. The van der Waals surface area contributed by atoms with Crippen molar-refractivity contribution in [2.24, 2.45) is 0 Å². The first kappa shape index (κ1) is 9.74. The van der Waals surface area contributed by atoms with Gasteiger partial charge in [0.2, 0.25) is 0 Å². The van der Waals surface area contributed by atoms with Crippen molar-refractivity contribution in [3.8, 4) is 0 Å². The Bertz CT molecular complexity index is 291. The molecule has 1 saturated heterocycles. The average Bonchev–Trinajstić information content (AvgIpc) is 2.21. The number of nitrogens with zero attached hydrogens (tertiary/aromatic N) is 2. The van der Waals surface area contributed by atoms with Gasteiger partial charge in [-0.05, 0) is 12.1 Å². The summed E-state index contributed by atoms with van der Waals surface area (Å²) < 4.78 is 0. The second kappa shape index (κ2) is 4.15. The lowest BCUT2D eigenvalue weighted by Gasteiger charge is -2.34. The molecule has 2 heterocycles. The zero-order valence-electron chi connectivity index (χ0n) is 8.04. The van der Waals surface area contributed by atoms with Gasteiger partial charge in [0.1, 0.15) is 5.82 Å². The highest BCUT2D eigenvalue weighted by Crippen LogP contribution is 2.13. The Morgan fingerprint density at radius 1 is 1.36 bits per heavy atom. The largest absolute Gasteiger partial charge is 0.465 e. The smallest absolute Gasteiger partial charge is 0.128 e.